The van der Waals surface area contributed by atoms with Crippen molar-refractivity contribution in [1.29, 1.82) is 0 Å². The molecule has 1 aromatic heterocycles. The van der Waals surface area contributed by atoms with Gasteiger partial charge in [-0.2, -0.15) is 0 Å². The van der Waals surface area contributed by atoms with E-state index in [1.54, 1.807) is 12.4 Å². The van der Waals surface area contributed by atoms with Crippen molar-refractivity contribution in [1.82, 2.24) is 20.2 Å². The summed E-state index contributed by atoms with van der Waals surface area (Å²) in [4.78, 5) is 29.0. The maximum Gasteiger partial charge on any atom is 0.269 e. The molecule has 0 aliphatic carbocycles. The van der Waals surface area contributed by atoms with Crippen molar-refractivity contribution in [2.75, 3.05) is 19.6 Å². The number of amides is 1. The minimum atomic E-state index is -0.317. The maximum absolute atomic E-state index is 12.4. The number of hydrogen-bond donors (Lipinski definition) is 1. The fraction of sp³-hybridized carbons (Fsp3) is 0.684. The van der Waals surface area contributed by atoms with Crippen molar-refractivity contribution in [2.24, 2.45) is 11.1 Å². The Balaban J connectivity index is 1.48. The van der Waals surface area contributed by atoms with E-state index in [4.69, 9.17) is 4.84 Å². The third kappa shape index (κ3) is 4.38. The highest BCUT2D eigenvalue weighted by Gasteiger charge is 2.46. The number of rotatable bonds is 7. The van der Waals surface area contributed by atoms with E-state index in [9.17, 15) is 4.79 Å². The van der Waals surface area contributed by atoms with Gasteiger partial charge in [0.05, 0.1) is 24.1 Å². The lowest BCUT2D eigenvalue weighted by Crippen LogP contribution is -2.37. The molecular weight excluding hydrogens is 330 g/mol. The van der Waals surface area contributed by atoms with Crippen LogP contribution in [-0.4, -0.2) is 51.7 Å². The third-order valence-corrected chi connectivity index (χ3v) is 5.43. The minimum absolute atomic E-state index is 0.178. The molecule has 3 heterocycles. The molecule has 0 radical (unpaired) electrons. The van der Waals surface area contributed by atoms with Gasteiger partial charge in [-0.1, -0.05) is 31.8 Å². The number of carbonyl (C=O) groups is 1. The fourth-order valence-electron chi connectivity index (χ4n) is 3.64. The van der Waals surface area contributed by atoms with Crippen molar-refractivity contribution in [3.63, 3.8) is 0 Å². The first-order chi connectivity index (χ1) is 12.5. The SMILES string of the molecule is CCC(CC)CN1CCC2(CC(C(=O)NCc3cnc(C)cn3)=NO2)C1. The van der Waals surface area contributed by atoms with Crippen LogP contribution in [0, 0.1) is 12.8 Å². The molecule has 7 nitrogen and oxygen atoms in total. The van der Waals surface area contributed by atoms with Gasteiger partial charge in [0, 0.05) is 38.7 Å². The summed E-state index contributed by atoms with van der Waals surface area (Å²) in [6.07, 6.45) is 7.28. The number of hydrogen-bond acceptors (Lipinski definition) is 6. The van der Waals surface area contributed by atoms with Gasteiger partial charge in [0.2, 0.25) is 0 Å². The van der Waals surface area contributed by atoms with Crippen molar-refractivity contribution < 1.29 is 9.63 Å². The molecule has 1 N–H and O–H groups in total. The first kappa shape index (κ1) is 18.8. The Labute approximate surface area is 155 Å². The lowest BCUT2D eigenvalue weighted by atomic mass is 9.96. The van der Waals surface area contributed by atoms with Gasteiger partial charge in [0.15, 0.2) is 5.60 Å². The van der Waals surface area contributed by atoms with E-state index in [2.05, 4.69) is 39.2 Å². The Bertz CT molecular complexity index is 656. The van der Waals surface area contributed by atoms with Crippen LogP contribution >= 0.6 is 0 Å². The molecule has 1 spiro atoms. The predicted molar refractivity (Wildman–Crippen MR) is 99.6 cm³/mol. The molecule has 2 aliphatic rings. The van der Waals surface area contributed by atoms with Crippen LogP contribution in [0.1, 0.15) is 50.9 Å². The molecule has 0 saturated carbocycles. The van der Waals surface area contributed by atoms with Crippen molar-refractivity contribution in [3.8, 4) is 0 Å². The second-order valence-corrected chi connectivity index (χ2v) is 7.49. The Kier molecular flexibility index (Phi) is 5.86. The summed E-state index contributed by atoms with van der Waals surface area (Å²) in [5.41, 5.74) is 1.75. The summed E-state index contributed by atoms with van der Waals surface area (Å²) in [6.45, 7) is 9.69. The normalized spacial score (nSPS) is 22.7. The Morgan fingerprint density at radius 2 is 2.15 bits per heavy atom. The van der Waals surface area contributed by atoms with Gasteiger partial charge in [-0.15, -0.1) is 0 Å². The number of nitrogens with one attached hydrogen (secondary N) is 1. The molecule has 0 bridgehead atoms. The third-order valence-electron chi connectivity index (χ3n) is 5.43. The quantitative estimate of drug-likeness (QED) is 0.806. The van der Waals surface area contributed by atoms with E-state index < -0.39 is 0 Å². The minimum Gasteiger partial charge on any atom is -0.387 e. The molecule has 0 aromatic carbocycles. The lowest BCUT2D eigenvalue weighted by molar-refractivity contribution is -0.115. The molecule has 1 aromatic rings. The monoisotopic (exact) mass is 359 g/mol. The standard InChI is InChI=1S/C19H29N5O2/c1-4-15(5-2)12-24-7-6-19(13-24)8-17(23-26-19)18(25)22-11-16-10-20-14(3)9-21-16/h9-10,15H,4-8,11-13H2,1-3H3,(H,22,25). The molecular formula is C19H29N5O2. The summed E-state index contributed by atoms with van der Waals surface area (Å²) in [7, 11) is 0. The Morgan fingerprint density at radius 3 is 2.85 bits per heavy atom. The van der Waals surface area contributed by atoms with Crippen LogP contribution in [0.3, 0.4) is 0 Å². The highest BCUT2D eigenvalue weighted by atomic mass is 16.7. The van der Waals surface area contributed by atoms with Crippen LogP contribution in [0.2, 0.25) is 0 Å². The van der Waals surface area contributed by atoms with E-state index in [0.29, 0.717) is 18.7 Å². The summed E-state index contributed by atoms with van der Waals surface area (Å²) in [5.74, 6) is 0.550. The van der Waals surface area contributed by atoms with Gasteiger partial charge >= 0.3 is 0 Å². The van der Waals surface area contributed by atoms with Crippen LogP contribution in [0.25, 0.3) is 0 Å². The van der Waals surface area contributed by atoms with Crippen LogP contribution in [0.5, 0.6) is 0 Å². The Morgan fingerprint density at radius 1 is 1.35 bits per heavy atom. The number of carbonyl (C=O) groups excluding carboxylic acids is 1. The van der Waals surface area contributed by atoms with Gasteiger partial charge in [-0.05, 0) is 12.8 Å². The number of likely N-dealkylation sites (tertiary alicyclic amines) is 1. The average molecular weight is 359 g/mol. The van der Waals surface area contributed by atoms with E-state index in [1.807, 2.05) is 6.92 Å². The molecule has 2 aliphatic heterocycles. The summed E-state index contributed by atoms with van der Waals surface area (Å²) >= 11 is 0. The number of nitrogens with zero attached hydrogens (tertiary/aromatic N) is 4. The maximum atomic E-state index is 12.4. The van der Waals surface area contributed by atoms with E-state index in [1.165, 1.54) is 12.8 Å². The Hall–Kier alpha value is -2.02. The van der Waals surface area contributed by atoms with Crippen LogP contribution in [-0.2, 0) is 16.2 Å². The number of oxime groups is 1. The van der Waals surface area contributed by atoms with Crippen LogP contribution < -0.4 is 5.32 Å². The second-order valence-electron chi connectivity index (χ2n) is 7.49. The van der Waals surface area contributed by atoms with Crippen LogP contribution in [0.15, 0.2) is 17.5 Å². The zero-order valence-corrected chi connectivity index (χ0v) is 16.0. The van der Waals surface area contributed by atoms with Crippen molar-refractivity contribution in [3.05, 3.63) is 23.8 Å². The van der Waals surface area contributed by atoms with E-state index in [0.717, 1.165) is 43.4 Å². The first-order valence-corrected chi connectivity index (χ1v) is 9.56. The van der Waals surface area contributed by atoms with E-state index >= 15 is 0 Å². The number of aromatic nitrogens is 2. The highest BCUT2D eigenvalue weighted by molar-refractivity contribution is 6.39. The molecule has 1 atom stereocenters. The molecule has 1 unspecified atom stereocenters. The predicted octanol–water partition coefficient (Wildman–Crippen LogP) is 2.06. The van der Waals surface area contributed by atoms with Gasteiger partial charge in [-0.25, -0.2) is 0 Å². The highest BCUT2D eigenvalue weighted by Crippen LogP contribution is 2.34. The van der Waals surface area contributed by atoms with E-state index in [-0.39, 0.29) is 11.5 Å². The topological polar surface area (TPSA) is 79.7 Å². The molecule has 3 rings (SSSR count). The van der Waals surface area contributed by atoms with Crippen LogP contribution in [0.4, 0.5) is 0 Å². The molecule has 1 amide bonds. The summed E-state index contributed by atoms with van der Waals surface area (Å²) in [6, 6.07) is 0. The molecule has 7 heteroatoms. The van der Waals surface area contributed by atoms with Gasteiger partial charge < -0.3 is 10.2 Å². The van der Waals surface area contributed by atoms with Gasteiger partial charge in [0.25, 0.3) is 5.91 Å². The fourth-order valence-corrected chi connectivity index (χ4v) is 3.64. The number of aryl methyl sites for hydroxylation is 1. The zero-order chi connectivity index (χ0) is 18.6. The van der Waals surface area contributed by atoms with Crippen molar-refractivity contribution >= 4 is 11.6 Å². The summed E-state index contributed by atoms with van der Waals surface area (Å²) in [5, 5.41) is 6.96. The first-order valence-electron chi connectivity index (χ1n) is 9.56. The molecule has 1 fully saturated rings. The van der Waals surface area contributed by atoms with Gasteiger partial charge in [0.1, 0.15) is 5.71 Å². The van der Waals surface area contributed by atoms with Crippen molar-refractivity contribution in [2.45, 2.75) is 58.6 Å². The molecule has 26 heavy (non-hydrogen) atoms. The summed E-state index contributed by atoms with van der Waals surface area (Å²) < 4.78 is 0. The second kappa shape index (κ2) is 8.12. The zero-order valence-electron chi connectivity index (χ0n) is 16.0. The molecule has 1 saturated heterocycles. The van der Waals surface area contributed by atoms with Gasteiger partial charge in [-0.3, -0.25) is 19.7 Å². The average Bonchev–Trinajstić information content (AvgIpc) is 3.26. The lowest BCUT2D eigenvalue weighted by Gasteiger charge is -2.24. The largest absolute Gasteiger partial charge is 0.387 e. The molecule has 142 valence electrons. The smallest absolute Gasteiger partial charge is 0.269 e.